The highest BCUT2D eigenvalue weighted by molar-refractivity contribution is 7.91. The van der Waals surface area contributed by atoms with Gasteiger partial charge >= 0.3 is 0 Å². The van der Waals surface area contributed by atoms with E-state index < -0.39 is 9.84 Å². The lowest BCUT2D eigenvalue weighted by Crippen LogP contribution is -2.62. The molecule has 4 rings (SSSR count). The molecule has 1 heterocycles. The molecule has 0 aromatic heterocycles. The van der Waals surface area contributed by atoms with Gasteiger partial charge < -0.3 is 4.90 Å². The molecule has 8 atom stereocenters. The summed E-state index contributed by atoms with van der Waals surface area (Å²) in [5, 5.41) is -0.149. The van der Waals surface area contributed by atoms with Crippen molar-refractivity contribution in [3.05, 3.63) is 0 Å². The van der Waals surface area contributed by atoms with Crippen molar-refractivity contribution in [2.75, 3.05) is 13.3 Å². The summed E-state index contributed by atoms with van der Waals surface area (Å²) in [5.41, 5.74) is 0.382. The smallest absolute Gasteiger partial charge is 0.222 e. The number of hydrogen-bond donors (Lipinski definition) is 0. The Morgan fingerprint density at radius 1 is 1.12 bits per heavy atom. The molecule has 0 radical (unpaired) electrons. The molecule has 1 saturated heterocycles. The fraction of sp³-hybridized carbons (Fsp3) is 0.952. The van der Waals surface area contributed by atoms with Crippen LogP contribution in [0.1, 0.15) is 65.7 Å². The van der Waals surface area contributed by atoms with Gasteiger partial charge in [-0.3, -0.25) is 4.79 Å². The monoisotopic (exact) mass is 381 g/mol. The fourth-order valence-electron chi connectivity index (χ4n) is 7.78. The Morgan fingerprint density at radius 2 is 1.81 bits per heavy atom. The number of nitrogens with zero attached hydrogens (tertiary/aromatic N) is 1. The molecule has 0 bridgehead atoms. The SMILES string of the molecule is CC1C[C@H]2N(C)C(=O)CC[C@]2(C)[C@H]2CC[C@]3(C)C[C@H](S(C)(=O)=O)C[C@H]3C12. The third-order valence-electron chi connectivity index (χ3n) is 9.27. The topological polar surface area (TPSA) is 54.5 Å². The van der Waals surface area contributed by atoms with Crippen molar-refractivity contribution in [2.45, 2.75) is 77.0 Å². The van der Waals surface area contributed by atoms with E-state index >= 15 is 0 Å². The molecule has 4 nitrogen and oxygen atoms in total. The average molecular weight is 382 g/mol. The maximum atomic E-state index is 12.3. The molecule has 0 N–H and O–H groups in total. The van der Waals surface area contributed by atoms with E-state index in [0.29, 0.717) is 42.0 Å². The summed E-state index contributed by atoms with van der Waals surface area (Å²) in [6, 6.07) is 0.358. The average Bonchev–Trinajstić information content (AvgIpc) is 2.91. The zero-order chi connectivity index (χ0) is 19.1. The minimum Gasteiger partial charge on any atom is -0.342 e. The summed E-state index contributed by atoms with van der Waals surface area (Å²) < 4.78 is 24.6. The minimum atomic E-state index is -2.96. The van der Waals surface area contributed by atoms with Crippen LogP contribution in [0.5, 0.6) is 0 Å². The molecule has 3 aliphatic carbocycles. The summed E-state index contributed by atoms with van der Waals surface area (Å²) in [6.07, 6.45) is 8.25. The Kier molecular flexibility index (Phi) is 4.12. The number of fused-ring (bicyclic) bond motifs is 5. The molecule has 2 unspecified atom stereocenters. The van der Waals surface area contributed by atoms with Crippen LogP contribution >= 0.6 is 0 Å². The third kappa shape index (κ3) is 2.51. The highest BCUT2D eigenvalue weighted by atomic mass is 32.2. The normalized spacial score (nSPS) is 51.6. The van der Waals surface area contributed by atoms with Gasteiger partial charge in [0, 0.05) is 25.8 Å². The summed E-state index contributed by atoms with van der Waals surface area (Å²) in [4.78, 5) is 14.3. The van der Waals surface area contributed by atoms with Gasteiger partial charge in [0.15, 0.2) is 0 Å². The maximum absolute atomic E-state index is 12.3. The molecular weight excluding hydrogens is 346 g/mol. The molecule has 3 saturated carbocycles. The highest BCUT2D eigenvalue weighted by Gasteiger charge is 2.62. The van der Waals surface area contributed by atoms with Crippen molar-refractivity contribution in [1.82, 2.24) is 4.90 Å². The first-order chi connectivity index (χ1) is 12.0. The van der Waals surface area contributed by atoms with Crippen molar-refractivity contribution >= 4 is 15.7 Å². The first-order valence-corrected chi connectivity index (χ1v) is 12.4. The molecule has 1 aliphatic heterocycles. The molecule has 0 aromatic rings. The quantitative estimate of drug-likeness (QED) is 0.698. The van der Waals surface area contributed by atoms with E-state index in [4.69, 9.17) is 0 Å². The van der Waals surface area contributed by atoms with Gasteiger partial charge in [0.1, 0.15) is 9.84 Å². The van der Waals surface area contributed by atoms with Crippen LogP contribution < -0.4 is 0 Å². The Balaban J connectivity index is 1.69. The van der Waals surface area contributed by atoms with Gasteiger partial charge in [0.05, 0.1) is 5.25 Å². The van der Waals surface area contributed by atoms with Gasteiger partial charge in [0.2, 0.25) is 5.91 Å². The number of rotatable bonds is 1. The zero-order valence-electron chi connectivity index (χ0n) is 17.0. The van der Waals surface area contributed by atoms with E-state index in [9.17, 15) is 13.2 Å². The summed E-state index contributed by atoms with van der Waals surface area (Å²) >= 11 is 0. The molecule has 4 fully saturated rings. The van der Waals surface area contributed by atoms with E-state index in [-0.39, 0.29) is 16.1 Å². The van der Waals surface area contributed by atoms with Crippen LogP contribution in [0, 0.1) is 34.5 Å². The van der Waals surface area contributed by atoms with Crippen LogP contribution in [0.3, 0.4) is 0 Å². The van der Waals surface area contributed by atoms with Gasteiger partial charge in [-0.25, -0.2) is 8.42 Å². The molecule has 0 spiro atoms. The molecule has 0 aromatic carbocycles. The van der Waals surface area contributed by atoms with E-state index in [1.165, 1.54) is 12.7 Å². The van der Waals surface area contributed by atoms with Crippen molar-refractivity contribution in [1.29, 1.82) is 0 Å². The molecule has 26 heavy (non-hydrogen) atoms. The van der Waals surface area contributed by atoms with E-state index in [0.717, 1.165) is 32.1 Å². The van der Waals surface area contributed by atoms with Crippen LogP contribution in [-0.4, -0.2) is 43.8 Å². The molecular formula is C21H35NO3S. The summed E-state index contributed by atoms with van der Waals surface area (Å²) in [5.74, 6) is 2.63. The van der Waals surface area contributed by atoms with Crippen LogP contribution in [-0.2, 0) is 14.6 Å². The Labute approximate surface area is 159 Å². The van der Waals surface area contributed by atoms with E-state index in [1.54, 1.807) is 0 Å². The minimum absolute atomic E-state index is 0.149. The molecule has 4 aliphatic rings. The summed E-state index contributed by atoms with van der Waals surface area (Å²) in [7, 11) is -0.962. The fourth-order valence-corrected chi connectivity index (χ4v) is 9.02. The second-order valence-electron chi connectivity index (χ2n) is 10.6. The third-order valence-corrected chi connectivity index (χ3v) is 10.8. The predicted molar refractivity (Wildman–Crippen MR) is 103 cm³/mol. The van der Waals surface area contributed by atoms with Crippen molar-refractivity contribution in [3.8, 4) is 0 Å². The first-order valence-electron chi connectivity index (χ1n) is 10.4. The van der Waals surface area contributed by atoms with Gasteiger partial charge in [-0.05, 0) is 73.0 Å². The standard InChI is InChI=1S/C21H35NO3S/c1-13-10-17-21(3,9-7-18(23)22(17)4)15-6-8-20(2)12-14(26(5,24)25)11-16(20)19(13)15/h13-17,19H,6-12H2,1-5H3/t13?,14-,15+,16+,17-,19?,20-,21-/m1/s1. The van der Waals surface area contributed by atoms with Gasteiger partial charge in [-0.2, -0.15) is 0 Å². The molecule has 5 heteroatoms. The number of sulfone groups is 1. The largest absolute Gasteiger partial charge is 0.342 e. The molecule has 148 valence electrons. The van der Waals surface area contributed by atoms with Crippen LogP contribution in [0.25, 0.3) is 0 Å². The number of carbonyl (C=O) groups is 1. The number of piperidine rings is 1. The van der Waals surface area contributed by atoms with Crippen molar-refractivity contribution in [2.24, 2.45) is 34.5 Å². The van der Waals surface area contributed by atoms with Crippen molar-refractivity contribution < 1.29 is 13.2 Å². The second-order valence-corrected chi connectivity index (χ2v) is 12.9. The Morgan fingerprint density at radius 3 is 2.46 bits per heavy atom. The lowest BCUT2D eigenvalue weighted by Gasteiger charge is -2.63. The van der Waals surface area contributed by atoms with Crippen LogP contribution in [0.4, 0.5) is 0 Å². The van der Waals surface area contributed by atoms with Crippen LogP contribution in [0.15, 0.2) is 0 Å². The zero-order valence-corrected chi connectivity index (χ0v) is 17.8. The first kappa shape index (κ1) is 18.8. The van der Waals surface area contributed by atoms with Gasteiger partial charge in [0.25, 0.3) is 0 Å². The van der Waals surface area contributed by atoms with Gasteiger partial charge in [-0.15, -0.1) is 0 Å². The highest BCUT2D eigenvalue weighted by Crippen LogP contribution is 2.66. The predicted octanol–water partition coefficient (Wildman–Crippen LogP) is 3.51. The van der Waals surface area contributed by atoms with Crippen molar-refractivity contribution in [3.63, 3.8) is 0 Å². The second kappa shape index (κ2) is 5.71. The number of carbonyl (C=O) groups excluding carboxylic acids is 1. The van der Waals surface area contributed by atoms with Crippen LogP contribution in [0.2, 0.25) is 0 Å². The number of likely N-dealkylation sites (tertiary alicyclic amines) is 1. The number of hydrogen-bond acceptors (Lipinski definition) is 3. The number of amides is 1. The van der Waals surface area contributed by atoms with E-state index in [1.807, 2.05) is 11.9 Å². The summed E-state index contributed by atoms with van der Waals surface area (Å²) in [6.45, 7) is 7.15. The Hall–Kier alpha value is -0.580. The lowest BCUT2D eigenvalue weighted by molar-refractivity contribution is -0.164. The Bertz CT molecular complexity index is 719. The van der Waals surface area contributed by atoms with E-state index in [2.05, 4.69) is 20.8 Å². The lowest BCUT2D eigenvalue weighted by atomic mass is 9.45. The molecule has 1 amide bonds. The van der Waals surface area contributed by atoms with Gasteiger partial charge in [-0.1, -0.05) is 20.8 Å². The maximum Gasteiger partial charge on any atom is 0.222 e.